The molecule has 1 heterocycles. The number of benzene rings is 2. The Bertz CT molecular complexity index is 872. The first-order chi connectivity index (χ1) is 14.1. The lowest BCUT2D eigenvalue weighted by molar-refractivity contribution is -0.118. The number of hydrazone groups is 1. The van der Waals surface area contributed by atoms with E-state index in [9.17, 15) is 9.90 Å². The summed E-state index contributed by atoms with van der Waals surface area (Å²) in [6.07, 6.45) is 2.32. The minimum Gasteiger partial charge on any atom is -0.507 e. The van der Waals surface area contributed by atoms with E-state index in [0.717, 1.165) is 38.3 Å². The van der Waals surface area contributed by atoms with E-state index in [2.05, 4.69) is 51.2 Å². The highest BCUT2D eigenvalue weighted by Gasteiger charge is 2.23. The molecule has 1 amide bonds. The third-order valence-corrected chi connectivity index (χ3v) is 4.96. The molecule has 0 bridgehead atoms. The third kappa shape index (κ3) is 5.45. The number of rotatable bonds is 6. The van der Waals surface area contributed by atoms with Crippen LogP contribution in [0.3, 0.4) is 0 Å². The van der Waals surface area contributed by atoms with Gasteiger partial charge in [-0.2, -0.15) is 5.10 Å². The van der Waals surface area contributed by atoms with Crippen molar-refractivity contribution in [1.29, 1.82) is 0 Å². The second-order valence-corrected chi connectivity index (χ2v) is 7.16. The number of amidine groups is 1. The molecule has 1 aliphatic heterocycles. The number of amides is 1. The minimum atomic E-state index is -0.244. The van der Waals surface area contributed by atoms with Gasteiger partial charge in [0.15, 0.2) is 5.84 Å². The molecule has 6 heteroatoms. The van der Waals surface area contributed by atoms with Crippen LogP contribution in [0.2, 0.25) is 0 Å². The van der Waals surface area contributed by atoms with Crippen LogP contribution in [0.5, 0.6) is 5.75 Å². The van der Waals surface area contributed by atoms with Gasteiger partial charge >= 0.3 is 0 Å². The fraction of sp³-hybridized carbons (Fsp3) is 0.304. The number of hydrogen-bond acceptors (Lipinski definition) is 4. The lowest BCUT2D eigenvalue weighted by atomic mass is 10.0. The van der Waals surface area contributed by atoms with Crippen molar-refractivity contribution in [2.75, 3.05) is 26.2 Å². The number of piperazine rings is 1. The van der Waals surface area contributed by atoms with Gasteiger partial charge in [-0.3, -0.25) is 9.69 Å². The summed E-state index contributed by atoms with van der Waals surface area (Å²) in [5, 5.41) is 15.1. The van der Waals surface area contributed by atoms with E-state index in [4.69, 9.17) is 0 Å². The van der Waals surface area contributed by atoms with Gasteiger partial charge in [0.05, 0.1) is 5.56 Å². The van der Waals surface area contributed by atoms with E-state index in [1.54, 1.807) is 6.08 Å². The van der Waals surface area contributed by atoms with Crippen molar-refractivity contribution in [1.82, 2.24) is 15.2 Å². The Balaban J connectivity index is 1.77. The number of carbonyl (C=O) groups is 1. The number of hydrogen-bond donors (Lipinski definition) is 2. The van der Waals surface area contributed by atoms with Gasteiger partial charge in [0, 0.05) is 39.6 Å². The molecule has 1 fully saturated rings. The van der Waals surface area contributed by atoms with Gasteiger partial charge in [0.25, 0.3) is 0 Å². The van der Waals surface area contributed by atoms with Gasteiger partial charge in [-0.05, 0) is 23.6 Å². The summed E-state index contributed by atoms with van der Waals surface area (Å²) in [5.41, 5.74) is 5.24. The average Bonchev–Trinajstić information content (AvgIpc) is 2.72. The number of para-hydroxylation sites is 1. The summed E-state index contributed by atoms with van der Waals surface area (Å²) < 4.78 is 0. The molecule has 1 saturated heterocycles. The second-order valence-electron chi connectivity index (χ2n) is 7.16. The van der Waals surface area contributed by atoms with Gasteiger partial charge in [0.1, 0.15) is 5.75 Å². The first kappa shape index (κ1) is 20.6. The van der Waals surface area contributed by atoms with Crippen molar-refractivity contribution in [3.05, 3.63) is 77.9 Å². The van der Waals surface area contributed by atoms with E-state index in [1.807, 2.05) is 24.3 Å². The molecule has 3 rings (SSSR count). The first-order valence-corrected chi connectivity index (χ1v) is 9.86. The van der Waals surface area contributed by atoms with E-state index < -0.39 is 0 Å². The summed E-state index contributed by atoms with van der Waals surface area (Å²) >= 11 is 0. The predicted octanol–water partition coefficient (Wildman–Crippen LogP) is 2.74. The minimum absolute atomic E-state index is 0.184. The number of carbonyl (C=O) groups excluding carboxylic acids is 1. The third-order valence-electron chi connectivity index (χ3n) is 4.96. The Morgan fingerprint density at radius 1 is 1.14 bits per heavy atom. The van der Waals surface area contributed by atoms with Crippen LogP contribution in [0.25, 0.3) is 0 Å². The van der Waals surface area contributed by atoms with Crippen molar-refractivity contribution < 1.29 is 9.90 Å². The normalized spacial score (nSPS) is 15.2. The van der Waals surface area contributed by atoms with Crippen LogP contribution in [0, 0.1) is 0 Å². The molecule has 0 atom stereocenters. The largest absolute Gasteiger partial charge is 0.507 e. The van der Waals surface area contributed by atoms with Gasteiger partial charge in [-0.1, -0.05) is 48.5 Å². The average molecular weight is 393 g/mol. The molecule has 0 spiro atoms. The Morgan fingerprint density at radius 3 is 2.52 bits per heavy atom. The zero-order valence-corrected chi connectivity index (χ0v) is 16.8. The summed E-state index contributed by atoms with van der Waals surface area (Å²) in [6, 6.07) is 16.0. The Morgan fingerprint density at radius 2 is 1.86 bits per heavy atom. The number of phenols is 1. The van der Waals surface area contributed by atoms with Crippen molar-refractivity contribution in [2.24, 2.45) is 5.10 Å². The second kappa shape index (κ2) is 9.89. The van der Waals surface area contributed by atoms with Crippen LogP contribution < -0.4 is 5.43 Å². The van der Waals surface area contributed by atoms with Crippen molar-refractivity contribution in [3.63, 3.8) is 0 Å². The number of nitrogens with zero attached hydrogens (tertiary/aromatic N) is 3. The van der Waals surface area contributed by atoms with E-state index in [-0.39, 0.29) is 11.7 Å². The molecule has 0 unspecified atom stereocenters. The quantitative estimate of drug-likeness (QED) is 0.343. The lowest BCUT2D eigenvalue weighted by Gasteiger charge is -2.36. The molecule has 0 radical (unpaired) electrons. The Labute approximate surface area is 172 Å². The van der Waals surface area contributed by atoms with Crippen LogP contribution in [0.15, 0.2) is 66.3 Å². The fourth-order valence-electron chi connectivity index (χ4n) is 3.48. The van der Waals surface area contributed by atoms with Crippen LogP contribution in [0.1, 0.15) is 23.6 Å². The van der Waals surface area contributed by atoms with Crippen molar-refractivity contribution >= 4 is 11.7 Å². The van der Waals surface area contributed by atoms with Gasteiger partial charge in [-0.25, -0.2) is 5.43 Å². The molecule has 0 saturated carbocycles. The molecule has 29 heavy (non-hydrogen) atoms. The van der Waals surface area contributed by atoms with Gasteiger partial charge < -0.3 is 10.0 Å². The van der Waals surface area contributed by atoms with Gasteiger partial charge in [0.2, 0.25) is 5.91 Å². The monoisotopic (exact) mass is 392 g/mol. The van der Waals surface area contributed by atoms with Gasteiger partial charge in [-0.15, -0.1) is 6.58 Å². The molecule has 6 nitrogen and oxygen atoms in total. The molecule has 0 aliphatic carbocycles. The zero-order valence-electron chi connectivity index (χ0n) is 16.8. The van der Waals surface area contributed by atoms with Crippen LogP contribution in [0.4, 0.5) is 0 Å². The number of allylic oxidation sites excluding steroid dienone is 1. The summed E-state index contributed by atoms with van der Waals surface area (Å²) in [5.74, 6) is 0.526. The SMILES string of the molecule is C=CCc1cccc(/C(=N/NC(C)=O)N2CCN(Cc3ccccc3)CC2)c1O. The number of nitrogens with one attached hydrogen (secondary N) is 1. The highest BCUT2D eigenvalue weighted by Crippen LogP contribution is 2.25. The predicted molar refractivity (Wildman–Crippen MR) is 116 cm³/mol. The summed E-state index contributed by atoms with van der Waals surface area (Å²) in [6.45, 7) is 9.36. The molecule has 1 aliphatic rings. The molecular formula is C23H28N4O2. The smallest absolute Gasteiger partial charge is 0.237 e. The highest BCUT2D eigenvalue weighted by atomic mass is 16.3. The molecule has 2 aromatic carbocycles. The maximum Gasteiger partial charge on any atom is 0.237 e. The Hall–Kier alpha value is -3.12. The first-order valence-electron chi connectivity index (χ1n) is 9.86. The van der Waals surface area contributed by atoms with Crippen molar-refractivity contribution in [2.45, 2.75) is 19.9 Å². The van der Waals surface area contributed by atoms with Crippen LogP contribution in [-0.4, -0.2) is 52.8 Å². The zero-order chi connectivity index (χ0) is 20.6. The summed E-state index contributed by atoms with van der Waals surface area (Å²) in [4.78, 5) is 16.0. The van der Waals surface area contributed by atoms with Crippen LogP contribution >= 0.6 is 0 Å². The standard InChI is InChI=1S/C23H28N4O2/c1-3-8-20-11-7-12-21(22(20)29)23(25-24-18(2)28)27-15-13-26(14-16-27)17-19-9-5-4-6-10-19/h3-7,9-12,29H,1,8,13-17H2,2H3,(H,24,28)/b25-23-. The number of phenolic OH excluding ortho intramolecular Hbond substituents is 1. The van der Waals surface area contributed by atoms with E-state index in [0.29, 0.717) is 17.8 Å². The van der Waals surface area contributed by atoms with E-state index in [1.165, 1.54) is 12.5 Å². The molecular weight excluding hydrogens is 364 g/mol. The fourth-order valence-corrected chi connectivity index (χ4v) is 3.48. The maximum absolute atomic E-state index is 11.5. The Kier molecular flexibility index (Phi) is 7.03. The molecule has 0 aromatic heterocycles. The number of aromatic hydroxyl groups is 1. The lowest BCUT2D eigenvalue weighted by Crippen LogP contribution is -2.49. The topological polar surface area (TPSA) is 68.2 Å². The highest BCUT2D eigenvalue weighted by molar-refractivity contribution is 6.02. The molecule has 2 N–H and O–H groups in total. The summed E-state index contributed by atoms with van der Waals surface area (Å²) in [7, 11) is 0. The molecule has 2 aromatic rings. The van der Waals surface area contributed by atoms with Crippen LogP contribution in [-0.2, 0) is 17.8 Å². The van der Waals surface area contributed by atoms with E-state index >= 15 is 0 Å². The van der Waals surface area contributed by atoms with Crippen molar-refractivity contribution in [3.8, 4) is 5.75 Å². The molecule has 152 valence electrons. The maximum atomic E-state index is 11.5.